The molecule has 3 N–H and O–H groups in total. The minimum Gasteiger partial charge on any atom is -0.366 e. The van der Waals surface area contributed by atoms with Crippen LogP contribution in [-0.4, -0.2) is 39.9 Å². The Kier molecular flexibility index (Phi) is 8.22. The van der Waals surface area contributed by atoms with Crippen molar-refractivity contribution in [3.05, 3.63) is 88.0 Å². The summed E-state index contributed by atoms with van der Waals surface area (Å²) in [5, 5.41) is 2.83. The molecule has 42 heavy (non-hydrogen) atoms. The molecule has 0 fully saturated rings. The van der Waals surface area contributed by atoms with Crippen molar-refractivity contribution in [3.8, 4) is 11.1 Å². The molecule has 2 unspecified atom stereocenters. The lowest BCUT2D eigenvalue weighted by Gasteiger charge is -2.35. The molecule has 8 nitrogen and oxygen atoms in total. The summed E-state index contributed by atoms with van der Waals surface area (Å²) in [7, 11) is 0. The van der Waals surface area contributed by atoms with E-state index in [0.717, 1.165) is 5.56 Å². The number of rotatable bonds is 4. The summed E-state index contributed by atoms with van der Waals surface area (Å²) in [5.74, 6) is -2.49. The SMILES string of the molecule is CC(=O)c1ccc(Cl)c(F)c1C1=CC(=O)N(C2CCCC(C)C(=O)Nc3cc(C(N)=O)ccc3-c3ccnc2c3)CC1. The van der Waals surface area contributed by atoms with E-state index in [2.05, 4.69) is 10.3 Å². The van der Waals surface area contributed by atoms with E-state index >= 15 is 4.39 Å². The van der Waals surface area contributed by atoms with Crippen molar-refractivity contribution in [2.45, 2.75) is 45.6 Å². The van der Waals surface area contributed by atoms with Gasteiger partial charge in [-0.25, -0.2) is 4.39 Å². The number of aromatic nitrogens is 1. The zero-order valence-corrected chi connectivity index (χ0v) is 24.0. The van der Waals surface area contributed by atoms with E-state index < -0.39 is 17.8 Å². The van der Waals surface area contributed by atoms with Crippen LogP contribution in [0.25, 0.3) is 16.7 Å². The van der Waals surface area contributed by atoms with Crippen molar-refractivity contribution < 1.29 is 23.6 Å². The van der Waals surface area contributed by atoms with Gasteiger partial charge in [0.25, 0.3) is 0 Å². The molecule has 0 saturated carbocycles. The number of halogens is 2. The minimum atomic E-state index is -0.720. The van der Waals surface area contributed by atoms with Crippen molar-refractivity contribution >= 4 is 46.4 Å². The van der Waals surface area contributed by atoms with Crippen molar-refractivity contribution in [1.82, 2.24) is 9.88 Å². The maximum atomic E-state index is 15.1. The highest BCUT2D eigenvalue weighted by Crippen LogP contribution is 2.38. The Morgan fingerprint density at radius 2 is 1.90 bits per heavy atom. The second kappa shape index (κ2) is 11.9. The molecule has 3 aromatic rings. The third-order valence-corrected chi connectivity index (χ3v) is 8.22. The number of nitrogens with zero attached hydrogens (tertiary/aromatic N) is 2. The zero-order chi connectivity index (χ0) is 30.1. The molecule has 0 radical (unpaired) electrons. The second-order valence-corrected chi connectivity index (χ2v) is 11.1. The summed E-state index contributed by atoms with van der Waals surface area (Å²) >= 11 is 6.04. The average molecular weight is 589 g/mol. The maximum absolute atomic E-state index is 15.1. The topological polar surface area (TPSA) is 122 Å². The van der Waals surface area contributed by atoms with Crippen molar-refractivity contribution in [3.63, 3.8) is 0 Å². The van der Waals surface area contributed by atoms with Gasteiger partial charge in [-0.2, -0.15) is 0 Å². The fourth-order valence-corrected chi connectivity index (χ4v) is 5.80. The number of nitrogens with one attached hydrogen (secondary N) is 1. The molecule has 2 aromatic carbocycles. The third kappa shape index (κ3) is 5.69. The van der Waals surface area contributed by atoms with Crippen LogP contribution >= 0.6 is 11.6 Å². The molecule has 0 saturated heterocycles. The monoisotopic (exact) mass is 588 g/mol. The lowest BCUT2D eigenvalue weighted by atomic mass is 9.90. The summed E-state index contributed by atoms with van der Waals surface area (Å²) in [5.41, 5.74) is 8.98. The number of carbonyl (C=O) groups is 4. The van der Waals surface area contributed by atoms with Crippen LogP contribution in [0.2, 0.25) is 5.02 Å². The van der Waals surface area contributed by atoms with Crippen molar-refractivity contribution in [2.75, 3.05) is 11.9 Å². The molecule has 3 amide bonds. The van der Waals surface area contributed by atoms with Crippen LogP contribution in [0.5, 0.6) is 0 Å². The first-order valence-corrected chi connectivity index (χ1v) is 14.1. The molecule has 2 aliphatic heterocycles. The van der Waals surface area contributed by atoms with E-state index in [-0.39, 0.29) is 51.8 Å². The van der Waals surface area contributed by atoms with Gasteiger partial charge in [0.1, 0.15) is 5.82 Å². The highest BCUT2D eigenvalue weighted by molar-refractivity contribution is 6.31. The smallest absolute Gasteiger partial charge is 0.248 e. The maximum Gasteiger partial charge on any atom is 0.248 e. The van der Waals surface area contributed by atoms with Gasteiger partial charge < -0.3 is 16.0 Å². The fourth-order valence-electron chi connectivity index (χ4n) is 5.64. The molecule has 2 bridgehead atoms. The van der Waals surface area contributed by atoms with E-state index in [1.807, 2.05) is 13.0 Å². The first kappa shape index (κ1) is 29.1. The van der Waals surface area contributed by atoms with Gasteiger partial charge in [-0.05, 0) is 73.7 Å². The van der Waals surface area contributed by atoms with Gasteiger partial charge >= 0.3 is 0 Å². The molecule has 216 valence electrons. The Morgan fingerprint density at radius 1 is 1.12 bits per heavy atom. The number of anilines is 1. The zero-order valence-electron chi connectivity index (χ0n) is 23.2. The summed E-state index contributed by atoms with van der Waals surface area (Å²) < 4.78 is 15.1. The van der Waals surface area contributed by atoms with E-state index in [9.17, 15) is 19.2 Å². The quantitative estimate of drug-likeness (QED) is 0.364. The summed E-state index contributed by atoms with van der Waals surface area (Å²) in [6.07, 6.45) is 5.09. The van der Waals surface area contributed by atoms with Crippen molar-refractivity contribution in [2.24, 2.45) is 11.7 Å². The van der Waals surface area contributed by atoms with Crippen LogP contribution in [0, 0.1) is 11.7 Å². The Morgan fingerprint density at radius 3 is 2.62 bits per heavy atom. The van der Waals surface area contributed by atoms with Gasteiger partial charge in [-0.3, -0.25) is 24.2 Å². The number of hydrogen-bond acceptors (Lipinski definition) is 5. The van der Waals surface area contributed by atoms with Crippen LogP contribution in [0.15, 0.2) is 54.7 Å². The number of carbonyl (C=O) groups excluding carboxylic acids is 4. The summed E-state index contributed by atoms with van der Waals surface area (Å²) in [4.78, 5) is 57.1. The molecule has 2 atom stereocenters. The molecule has 10 heteroatoms. The van der Waals surface area contributed by atoms with Crippen LogP contribution in [0.1, 0.15) is 77.5 Å². The number of ketones is 1. The normalized spacial score (nSPS) is 19.1. The molecule has 1 aromatic heterocycles. The van der Waals surface area contributed by atoms with Gasteiger partial charge in [0.2, 0.25) is 17.7 Å². The lowest BCUT2D eigenvalue weighted by molar-refractivity contribution is -0.129. The molecule has 5 rings (SSSR count). The first-order valence-electron chi connectivity index (χ1n) is 13.8. The lowest BCUT2D eigenvalue weighted by Crippen LogP contribution is -2.38. The van der Waals surface area contributed by atoms with Gasteiger partial charge in [0, 0.05) is 52.7 Å². The largest absolute Gasteiger partial charge is 0.366 e. The van der Waals surface area contributed by atoms with Crippen LogP contribution in [0.4, 0.5) is 10.1 Å². The predicted molar refractivity (Wildman–Crippen MR) is 158 cm³/mol. The van der Waals surface area contributed by atoms with E-state index in [1.54, 1.807) is 35.4 Å². The van der Waals surface area contributed by atoms with E-state index in [1.165, 1.54) is 25.1 Å². The molecule has 0 aliphatic carbocycles. The first-order chi connectivity index (χ1) is 20.0. The predicted octanol–water partition coefficient (Wildman–Crippen LogP) is 5.96. The van der Waals surface area contributed by atoms with Crippen LogP contribution in [-0.2, 0) is 9.59 Å². The number of fused-ring (bicyclic) bond motifs is 4. The molecular formula is C32H30ClFN4O4. The standard InChI is InChI=1S/C32H30ClFN4O4/c1-17-4-3-5-27(38-13-11-20(16-28(38)40)29-22(18(2)39)8-9-24(33)30(29)34)26-14-19(10-12-36-26)23-7-6-21(31(35)41)15-25(23)37-32(17)42/h6-10,12,14-17,27H,3-5,11,13H2,1-2H3,(H2,35,41)(H,37,42). The third-order valence-electron chi connectivity index (χ3n) is 7.93. The highest BCUT2D eigenvalue weighted by Gasteiger charge is 2.31. The Labute approximate surface area is 247 Å². The highest BCUT2D eigenvalue weighted by atomic mass is 35.5. The van der Waals surface area contributed by atoms with Crippen LogP contribution in [0.3, 0.4) is 0 Å². The number of pyridine rings is 1. The van der Waals surface area contributed by atoms with Gasteiger partial charge in [0.05, 0.1) is 16.8 Å². The Hall–Kier alpha value is -4.37. The summed E-state index contributed by atoms with van der Waals surface area (Å²) in [6, 6.07) is 11.0. The number of nitrogens with two attached hydrogens (primary N) is 1. The number of hydrogen-bond donors (Lipinski definition) is 2. The summed E-state index contributed by atoms with van der Waals surface area (Å²) in [6.45, 7) is 3.46. The second-order valence-electron chi connectivity index (χ2n) is 10.7. The molecule has 2 aliphatic rings. The van der Waals surface area contributed by atoms with E-state index in [4.69, 9.17) is 17.3 Å². The average Bonchev–Trinajstić information content (AvgIpc) is 2.96. The van der Waals surface area contributed by atoms with Crippen LogP contribution < -0.4 is 11.1 Å². The van der Waals surface area contributed by atoms with E-state index in [0.29, 0.717) is 48.2 Å². The van der Waals surface area contributed by atoms with Gasteiger partial charge in [-0.1, -0.05) is 31.0 Å². The number of benzene rings is 2. The number of Topliss-reactive ketones (excluding diaryl/α,β-unsaturated/α-hetero) is 1. The number of amides is 3. The molecular weight excluding hydrogens is 559 g/mol. The van der Waals surface area contributed by atoms with Gasteiger partial charge in [0.15, 0.2) is 5.78 Å². The van der Waals surface area contributed by atoms with Gasteiger partial charge in [-0.15, -0.1) is 0 Å². The minimum absolute atomic E-state index is 0.0635. The van der Waals surface area contributed by atoms with Crippen molar-refractivity contribution in [1.29, 1.82) is 0 Å². The molecule has 3 heterocycles. The number of primary amides is 1. The Bertz CT molecular complexity index is 1650. The Balaban J connectivity index is 1.55. The fraction of sp³-hybridized carbons (Fsp3) is 0.281. The molecule has 0 spiro atoms.